The lowest BCUT2D eigenvalue weighted by atomic mass is 10.1. The minimum Gasteiger partial charge on any atom is -0.496 e. The van der Waals surface area contributed by atoms with Crippen LogP contribution in [0.25, 0.3) is 0 Å². The van der Waals surface area contributed by atoms with Crippen molar-refractivity contribution in [3.05, 3.63) is 29.6 Å². The van der Waals surface area contributed by atoms with Crippen LogP contribution in [0.3, 0.4) is 0 Å². The standard InChI is InChI=1S/C13H17N3O3/c1-17-10-6-12(19-3)11(18-2)5-8(10)4-9-7-15-13(14)16-9/h5-7H,4H2,1-3H3,(H3,14,15,16). The van der Waals surface area contributed by atoms with Gasteiger partial charge in [0.1, 0.15) is 5.75 Å². The molecule has 0 aliphatic heterocycles. The van der Waals surface area contributed by atoms with Gasteiger partial charge in [0.15, 0.2) is 17.4 Å². The summed E-state index contributed by atoms with van der Waals surface area (Å²) in [7, 11) is 4.81. The summed E-state index contributed by atoms with van der Waals surface area (Å²) in [6, 6.07) is 3.68. The van der Waals surface area contributed by atoms with Crippen molar-refractivity contribution in [3.8, 4) is 17.2 Å². The number of nitrogens with zero attached hydrogens (tertiary/aromatic N) is 1. The number of nitrogen functional groups attached to an aromatic ring is 1. The van der Waals surface area contributed by atoms with Crippen molar-refractivity contribution in [1.29, 1.82) is 0 Å². The number of rotatable bonds is 5. The highest BCUT2D eigenvalue weighted by molar-refractivity contribution is 5.51. The molecule has 3 N–H and O–H groups in total. The molecule has 0 aliphatic carbocycles. The molecule has 0 atom stereocenters. The molecule has 102 valence electrons. The van der Waals surface area contributed by atoms with Crippen molar-refractivity contribution in [2.24, 2.45) is 0 Å². The fourth-order valence-electron chi connectivity index (χ4n) is 1.90. The highest BCUT2D eigenvalue weighted by atomic mass is 16.5. The number of hydrogen-bond donors (Lipinski definition) is 2. The molecule has 2 rings (SSSR count). The summed E-state index contributed by atoms with van der Waals surface area (Å²) in [5.41, 5.74) is 7.43. The number of benzene rings is 1. The van der Waals surface area contributed by atoms with Crippen molar-refractivity contribution in [2.45, 2.75) is 6.42 Å². The predicted octanol–water partition coefficient (Wildman–Crippen LogP) is 1.61. The van der Waals surface area contributed by atoms with Crippen LogP contribution in [0.4, 0.5) is 5.95 Å². The lowest BCUT2D eigenvalue weighted by Crippen LogP contribution is -1.98. The molecule has 6 heteroatoms. The first kappa shape index (κ1) is 13.1. The van der Waals surface area contributed by atoms with Crippen LogP contribution in [-0.2, 0) is 6.42 Å². The van der Waals surface area contributed by atoms with E-state index in [0.29, 0.717) is 23.9 Å². The Morgan fingerprint density at radius 3 is 2.21 bits per heavy atom. The number of nitrogens with one attached hydrogen (secondary N) is 1. The number of aromatic amines is 1. The van der Waals surface area contributed by atoms with Crippen LogP contribution in [0.15, 0.2) is 18.3 Å². The normalized spacial score (nSPS) is 10.3. The zero-order chi connectivity index (χ0) is 13.8. The van der Waals surface area contributed by atoms with Crippen molar-refractivity contribution in [1.82, 2.24) is 9.97 Å². The predicted molar refractivity (Wildman–Crippen MR) is 71.9 cm³/mol. The van der Waals surface area contributed by atoms with Gasteiger partial charge in [-0.25, -0.2) is 4.98 Å². The van der Waals surface area contributed by atoms with E-state index in [1.54, 1.807) is 33.6 Å². The second-order valence-corrected chi connectivity index (χ2v) is 3.99. The average Bonchev–Trinajstić information content (AvgIpc) is 2.83. The largest absolute Gasteiger partial charge is 0.496 e. The quantitative estimate of drug-likeness (QED) is 0.856. The first-order valence-electron chi connectivity index (χ1n) is 5.76. The third-order valence-corrected chi connectivity index (χ3v) is 2.82. The Labute approximate surface area is 111 Å². The van der Waals surface area contributed by atoms with E-state index in [0.717, 1.165) is 17.0 Å². The minimum atomic E-state index is 0.398. The third kappa shape index (κ3) is 2.73. The topological polar surface area (TPSA) is 82.4 Å². The maximum atomic E-state index is 5.56. The van der Waals surface area contributed by atoms with Gasteiger partial charge >= 0.3 is 0 Å². The number of hydrogen-bond acceptors (Lipinski definition) is 5. The van der Waals surface area contributed by atoms with Gasteiger partial charge in [0.05, 0.1) is 27.5 Å². The van der Waals surface area contributed by atoms with Gasteiger partial charge in [-0.15, -0.1) is 0 Å². The molecule has 19 heavy (non-hydrogen) atoms. The zero-order valence-corrected chi connectivity index (χ0v) is 11.2. The number of aromatic nitrogens is 2. The van der Waals surface area contributed by atoms with Crippen molar-refractivity contribution in [2.75, 3.05) is 27.1 Å². The lowest BCUT2D eigenvalue weighted by molar-refractivity contribution is 0.347. The molecule has 0 radical (unpaired) electrons. The van der Waals surface area contributed by atoms with E-state index in [9.17, 15) is 0 Å². The Bertz CT molecular complexity index is 566. The summed E-state index contributed by atoms with van der Waals surface area (Å²) in [5.74, 6) is 2.42. The van der Waals surface area contributed by atoms with Gasteiger partial charge in [0.25, 0.3) is 0 Å². The Balaban J connectivity index is 2.37. The van der Waals surface area contributed by atoms with E-state index < -0.39 is 0 Å². The van der Waals surface area contributed by atoms with Gasteiger partial charge in [-0.2, -0.15) is 0 Å². The molecule has 0 bridgehead atoms. The third-order valence-electron chi connectivity index (χ3n) is 2.82. The molecule has 2 aromatic rings. The van der Waals surface area contributed by atoms with E-state index in [1.165, 1.54) is 0 Å². The van der Waals surface area contributed by atoms with E-state index >= 15 is 0 Å². The SMILES string of the molecule is COc1cc(OC)c(OC)cc1Cc1cnc(N)[nH]1. The maximum Gasteiger partial charge on any atom is 0.197 e. The van der Waals surface area contributed by atoms with E-state index in [-0.39, 0.29) is 0 Å². The first-order valence-corrected chi connectivity index (χ1v) is 5.76. The molecule has 0 spiro atoms. The first-order chi connectivity index (χ1) is 9.17. The Hall–Kier alpha value is -2.37. The highest BCUT2D eigenvalue weighted by Crippen LogP contribution is 2.35. The van der Waals surface area contributed by atoms with Gasteiger partial charge in [0, 0.05) is 23.7 Å². The number of H-pyrrole nitrogens is 1. The molecular weight excluding hydrogens is 246 g/mol. The van der Waals surface area contributed by atoms with Gasteiger partial charge < -0.3 is 24.9 Å². The summed E-state index contributed by atoms with van der Waals surface area (Å²) >= 11 is 0. The molecule has 0 fully saturated rings. The zero-order valence-electron chi connectivity index (χ0n) is 11.2. The minimum absolute atomic E-state index is 0.398. The van der Waals surface area contributed by atoms with Crippen LogP contribution < -0.4 is 19.9 Å². The summed E-state index contributed by atoms with van der Waals surface area (Å²) in [4.78, 5) is 6.95. The van der Waals surface area contributed by atoms with Crippen molar-refractivity contribution < 1.29 is 14.2 Å². The van der Waals surface area contributed by atoms with Crippen LogP contribution in [0, 0.1) is 0 Å². The molecule has 1 heterocycles. The molecule has 0 aliphatic rings. The molecule has 0 saturated heterocycles. The van der Waals surface area contributed by atoms with Gasteiger partial charge in [-0.05, 0) is 6.07 Å². The van der Waals surface area contributed by atoms with Crippen LogP contribution in [0.2, 0.25) is 0 Å². The maximum absolute atomic E-state index is 5.56. The molecule has 6 nitrogen and oxygen atoms in total. The molecular formula is C13H17N3O3. The molecule has 0 unspecified atom stereocenters. The summed E-state index contributed by atoms with van der Waals surface area (Å²) in [6.07, 6.45) is 2.32. The second-order valence-electron chi connectivity index (χ2n) is 3.99. The van der Waals surface area contributed by atoms with E-state index in [1.807, 2.05) is 6.07 Å². The molecule has 0 amide bonds. The van der Waals surface area contributed by atoms with Crippen molar-refractivity contribution >= 4 is 5.95 Å². The number of methoxy groups -OCH3 is 3. The van der Waals surface area contributed by atoms with Crippen LogP contribution >= 0.6 is 0 Å². The van der Waals surface area contributed by atoms with Crippen LogP contribution in [-0.4, -0.2) is 31.3 Å². The average molecular weight is 263 g/mol. The highest BCUT2D eigenvalue weighted by Gasteiger charge is 2.13. The molecule has 1 aromatic heterocycles. The smallest absolute Gasteiger partial charge is 0.197 e. The summed E-state index contributed by atoms with van der Waals surface area (Å²) in [5, 5.41) is 0. The Morgan fingerprint density at radius 2 is 1.68 bits per heavy atom. The summed E-state index contributed by atoms with van der Waals surface area (Å²) < 4.78 is 15.9. The number of nitrogens with two attached hydrogens (primary N) is 1. The Kier molecular flexibility index (Phi) is 3.79. The number of imidazole rings is 1. The molecule has 0 saturated carbocycles. The summed E-state index contributed by atoms with van der Waals surface area (Å²) in [6.45, 7) is 0. The van der Waals surface area contributed by atoms with E-state index in [2.05, 4.69) is 9.97 Å². The fourth-order valence-corrected chi connectivity index (χ4v) is 1.90. The van der Waals surface area contributed by atoms with Gasteiger partial charge in [-0.1, -0.05) is 0 Å². The van der Waals surface area contributed by atoms with Gasteiger partial charge in [-0.3, -0.25) is 0 Å². The van der Waals surface area contributed by atoms with Crippen LogP contribution in [0.1, 0.15) is 11.3 Å². The fraction of sp³-hybridized carbons (Fsp3) is 0.308. The Morgan fingerprint density at radius 1 is 1.05 bits per heavy atom. The number of ether oxygens (including phenoxy) is 3. The molecule has 1 aromatic carbocycles. The number of anilines is 1. The van der Waals surface area contributed by atoms with Crippen molar-refractivity contribution in [3.63, 3.8) is 0 Å². The van der Waals surface area contributed by atoms with Crippen LogP contribution in [0.5, 0.6) is 17.2 Å². The second kappa shape index (κ2) is 5.51. The monoisotopic (exact) mass is 263 g/mol. The lowest BCUT2D eigenvalue weighted by Gasteiger charge is -2.13. The van der Waals surface area contributed by atoms with E-state index in [4.69, 9.17) is 19.9 Å². The van der Waals surface area contributed by atoms with Gasteiger partial charge in [0.2, 0.25) is 0 Å².